The molecule has 0 aliphatic heterocycles. The molecule has 0 aromatic carbocycles. The Kier molecular flexibility index (Phi) is 4.29. The molecule has 0 spiro atoms. The largest absolute Gasteiger partial charge is 0.318 e. The first kappa shape index (κ1) is 13.7. The van der Waals surface area contributed by atoms with Crippen molar-refractivity contribution in [1.82, 2.24) is 19.6 Å². The molecule has 1 N–H and O–H groups in total. The highest BCUT2D eigenvalue weighted by Gasteiger charge is 2.05. The topological polar surface area (TPSA) is 49.6 Å². The standard InChI is InChI=1S/C14H20N4O/c1-11-4-6-18-13(8-11)16-12(9-14(18)19)10-17(3)7-5-15-2/h4,6,8-9,15H,5,7,10H2,1-3H3. The third-order valence-corrected chi connectivity index (χ3v) is 3.05. The van der Waals surface area contributed by atoms with E-state index in [0.29, 0.717) is 12.2 Å². The minimum Gasteiger partial charge on any atom is -0.318 e. The summed E-state index contributed by atoms with van der Waals surface area (Å²) in [5.41, 5.74) is 2.60. The molecule has 0 aliphatic carbocycles. The van der Waals surface area contributed by atoms with E-state index in [4.69, 9.17) is 0 Å². The van der Waals surface area contributed by atoms with Crippen molar-refractivity contribution in [1.29, 1.82) is 0 Å². The lowest BCUT2D eigenvalue weighted by Gasteiger charge is -2.15. The smallest absolute Gasteiger partial charge is 0.258 e. The SMILES string of the molecule is CNCCN(C)Cc1cc(=O)n2ccc(C)cc2n1. The van der Waals surface area contributed by atoms with Crippen LogP contribution in [0.4, 0.5) is 0 Å². The van der Waals surface area contributed by atoms with Crippen LogP contribution in [0.1, 0.15) is 11.3 Å². The number of fused-ring (bicyclic) bond motifs is 1. The fourth-order valence-corrected chi connectivity index (χ4v) is 1.99. The van der Waals surface area contributed by atoms with Gasteiger partial charge in [-0.15, -0.1) is 0 Å². The van der Waals surface area contributed by atoms with Crippen LogP contribution in [-0.2, 0) is 6.54 Å². The first-order chi connectivity index (χ1) is 9.10. The molecule has 0 unspecified atom stereocenters. The third kappa shape index (κ3) is 3.39. The number of aromatic nitrogens is 2. The van der Waals surface area contributed by atoms with Crippen LogP contribution in [0.15, 0.2) is 29.2 Å². The predicted octanol–water partition coefficient (Wildman–Crippen LogP) is 0.654. The van der Waals surface area contributed by atoms with E-state index in [-0.39, 0.29) is 5.56 Å². The highest BCUT2D eigenvalue weighted by atomic mass is 16.1. The maximum Gasteiger partial charge on any atom is 0.258 e. The summed E-state index contributed by atoms with van der Waals surface area (Å²) in [5, 5.41) is 3.10. The first-order valence-electron chi connectivity index (χ1n) is 6.42. The molecule has 0 radical (unpaired) electrons. The second-order valence-electron chi connectivity index (χ2n) is 4.86. The summed E-state index contributed by atoms with van der Waals surface area (Å²) in [6, 6.07) is 5.45. The van der Waals surface area contributed by atoms with Crippen LogP contribution in [0, 0.1) is 6.92 Å². The number of likely N-dealkylation sites (N-methyl/N-ethyl adjacent to an activating group) is 2. The Morgan fingerprint density at radius 2 is 2.21 bits per heavy atom. The Labute approximate surface area is 112 Å². The first-order valence-corrected chi connectivity index (χ1v) is 6.42. The van der Waals surface area contributed by atoms with Gasteiger partial charge in [0.15, 0.2) is 0 Å². The van der Waals surface area contributed by atoms with Gasteiger partial charge < -0.3 is 5.32 Å². The quantitative estimate of drug-likeness (QED) is 0.858. The molecular formula is C14H20N4O. The lowest BCUT2D eigenvalue weighted by Crippen LogP contribution is -2.28. The fourth-order valence-electron chi connectivity index (χ4n) is 1.99. The van der Waals surface area contributed by atoms with Crippen LogP contribution in [0.2, 0.25) is 0 Å². The molecule has 0 saturated carbocycles. The molecule has 102 valence electrons. The van der Waals surface area contributed by atoms with E-state index < -0.39 is 0 Å². The van der Waals surface area contributed by atoms with E-state index in [0.717, 1.165) is 24.3 Å². The van der Waals surface area contributed by atoms with Crippen molar-refractivity contribution in [2.24, 2.45) is 0 Å². The average molecular weight is 260 g/mol. The molecule has 0 bridgehead atoms. The minimum absolute atomic E-state index is 0.0259. The molecule has 2 aromatic heterocycles. The summed E-state index contributed by atoms with van der Waals surface area (Å²) < 4.78 is 1.57. The summed E-state index contributed by atoms with van der Waals surface area (Å²) >= 11 is 0. The number of rotatable bonds is 5. The van der Waals surface area contributed by atoms with Crippen molar-refractivity contribution in [2.75, 3.05) is 27.2 Å². The van der Waals surface area contributed by atoms with Crippen LogP contribution >= 0.6 is 0 Å². The average Bonchev–Trinajstić information content (AvgIpc) is 2.35. The van der Waals surface area contributed by atoms with Crippen molar-refractivity contribution in [3.05, 3.63) is 46.0 Å². The van der Waals surface area contributed by atoms with E-state index in [1.54, 1.807) is 16.7 Å². The van der Waals surface area contributed by atoms with Crippen LogP contribution in [0.3, 0.4) is 0 Å². The molecule has 5 nitrogen and oxygen atoms in total. The molecule has 2 heterocycles. The van der Waals surface area contributed by atoms with Gasteiger partial charge in [0, 0.05) is 31.9 Å². The van der Waals surface area contributed by atoms with Crippen molar-refractivity contribution in [3.63, 3.8) is 0 Å². The molecule has 19 heavy (non-hydrogen) atoms. The van der Waals surface area contributed by atoms with Gasteiger partial charge in [-0.05, 0) is 38.7 Å². The summed E-state index contributed by atoms with van der Waals surface area (Å²) in [7, 11) is 3.95. The Morgan fingerprint density at radius 3 is 2.95 bits per heavy atom. The molecule has 0 atom stereocenters. The van der Waals surface area contributed by atoms with E-state index in [1.807, 2.05) is 33.2 Å². The molecule has 5 heteroatoms. The van der Waals surface area contributed by atoms with Gasteiger partial charge in [0.25, 0.3) is 5.56 Å². The Balaban J connectivity index is 2.27. The Morgan fingerprint density at radius 1 is 1.42 bits per heavy atom. The number of nitrogens with one attached hydrogen (secondary N) is 1. The Hall–Kier alpha value is -1.72. The van der Waals surface area contributed by atoms with E-state index in [2.05, 4.69) is 15.2 Å². The number of aryl methyl sites for hydroxylation is 1. The van der Waals surface area contributed by atoms with Gasteiger partial charge in [-0.2, -0.15) is 0 Å². The van der Waals surface area contributed by atoms with E-state index in [9.17, 15) is 4.79 Å². The maximum absolute atomic E-state index is 12.0. The monoisotopic (exact) mass is 260 g/mol. The molecule has 0 amide bonds. The maximum atomic E-state index is 12.0. The van der Waals surface area contributed by atoms with Crippen molar-refractivity contribution >= 4 is 5.65 Å². The Bertz CT molecular complexity index is 620. The zero-order valence-corrected chi connectivity index (χ0v) is 11.7. The molecular weight excluding hydrogens is 240 g/mol. The number of nitrogens with zero attached hydrogens (tertiary/aromatic N) is 3. The van der Waals surface area contributed by atoms with Crippen molar-refractivity contribution < 1.29 is 0 Å². The van der Waals surface area contributed by atoms with Crippen LogP contribution < -0.4 is 10.9 Å². The second-order valence-corrected chi connectivity index (χ2v) is 4.86. The van der Waals surface area contributed by atoms with Crippen LogP contribution in [-0.4, -0.2) is 41.5 Å². The highest BCUT2D eigenvalue weighted by Crippen LogP contribution is 2.04. The summed E-state index contributed by atoms with van der Waals surface area (Å²) in [6.07, 6.45) is 1.77. The van der Waals surface area contributed by atoms with Gasteiger partial charge in [0.05, 0.1) is 5.69 Å². The summed E-state index contributed by atoms with van der Waals surface area (Å²) in [6.45, 7) is 4.52. The van der Waals surface area contributed by atoms with Gasteiger partial charge in [-0.3, -0.25) is 14.1 Å². The zero-order valence-electron chi connectivity index (χ0n) is 11.7. The molecule has 0 saturated heterocycles. The van der Waals surface area contributed by atoms with E-state index >= 15 is 0 Å². The molecule has 2 rings (SSSR count). The van der Waals surface area contributed by atoms with Crippen LogP contribution in [0.5, 0.6) is 0 Å². The molecule has 0 aliphatic rings. The highest BCUT2D eigenvalue weighted by molar-refractivity contribution is 5.41. The van der Waals surface area contributed by atoms with Gasteiger partial charge in [0.2, 0.25) is 0 Å². The predicted molar refractivity (Wildman–Crippen MR) is 76.5 cm³/mol. The van der Waals surface area contributed by atoms with Crippen LogP contribution in [0.25, 0.3) is 5.65 Å². The molecule has 2 aromatic rings. The van der Waals surface area contributed by atoms with Gasteiger partial charge >= 0.3 is 0 Å². The van der Waals surface area contributed by atoms with Crippen molar-refractivity contribution in [2.45, 2.75) is 13.5 Å². The number of pyridine rings is 1. The van der Waals surface area contributed by atoms with E-state index in [1.165, 1.54) is 0 Å². The lowest BCUT2D eigenvalue weighted by atomic mass is 10.3. The van der Waals surface area contributed by atoms with Gasteiger partial charge in [0.1, 0.15) is 5.65 Å². The third-order valence-electron chi connectivity index (χ3n) is 3.05. The lowest BCUT2D eigenvalue weighted by molar-refractivity contribution is 0.324. The molecule has 0 fully saturated rings. The summed E-state index contributed by atoms with van der Waals surface area (Å²) in [5.74, 6) is 0. The minimum atomic E-state index is -0.0259. The van der Waals surface area contributed by atoms with Crippen molar-refractivity contribution in [3.8, 4) is 0 Å². The van der Waals surface area contributed by atoms with Gasteiger partial charge in [-0.25, -0.2) is 4.98 Å². The normalized spacial score (nSPS) is 11.4. The second kappa shape index (κ2) is 5.95. The van der Waals surface area contributed by atoms with Gasteiger partial charge in [-0.1, -0.05) is 0 Å². The number of hydrogen-bond acceptors (Lipinski definition) is 4. The zero-order chi connectivity index (χ0) is 13.8. The fraction of sp³-hybridized carbons (Fsp3) is 0.429. The summed E-state index contributed by atoms with van der Waals surface area (Å²) in [4.78, 5) is 18.7. The number of hydrogen-bond donors (Lipinski definition) is 1.